The van der Waals surface area contributed by atoms with E-state index in [4.69, 9.17) is 11.6 Å². The zero-order chi connectivity index (χ0) is 22.7. The molecule has 1 N–H and O–H groups in total. The number of anilines is 1. The van der Waals surface area contributed by atoms with E-state index in [0.717, 1.165) is 19.3 Å². The Morgan fingerprint density at radius 1 is 1.12 bits per heavy atom. The number of hydrazone groups is 1. The molecule has 0 spiro atoms. The van der Waals surface area contributed by atoms with Gasteiger partial charge in [-0.05, 0) is 56.2 Å². The molecular weight excluding hydrogens is 455 g/mol. The molecule has 168 valence electrons. The maximum atomic E-state index is 13.2. The standard InChI is InChI=1S/C21H22ClFN6O2S/c1-15-19(21(22)29(27-15)17-7-5-16(23)6-8-17)14-25-26-20-10-9-18(13-24-20)32(30,31)28-11-3-2-4-12-28/h5-10,13-14H,2-4,11-12H2,1H3,(H,24,26)/b25-14+. The fourth-order valence-electron chi connectivity index (χ4n) is 3.43. The number of pyridine rings is 1. The Kier molecular flexibility index (Phi) is 6.54. The first-order valence-electron chi connectivity index (χ1n) is 10.1. The summed E-state index contributed by atoms with van der Waals surface area (Å²) in [5.41, 5.74) is 4.62. The predicted molar refractivity (Wildman–Crippen MR) is 121 cm³/mol. The summed E-state index contributed by atoms with van der Waals surface area (Å²) < 4.78 is 41.6. The third-order valence-corrected chi connectivity index (χ3v) is 7.43. The van der Waals surface area contributed by atoms with Crippen LogP contribution in [0.25, 0.3) is 5.69 Å². The third-order valence-electron chi connectivity index (χ3n) is 5.18. The van der Waals surface area contributed by atoms with E-state index in [1.807, 2.05) is 0 Å². The predicted octanol–water partition coefficient (Wildman–Crippen LogP) is 3.99. The molecule has 0 aliphatic carbocycles. The molecule has 0 amide bonds. The highest BCUT2D eigenvalue weighted by Gasteiger charge is 2.26. The van der Waals surface area contributed by atoms with Gasteiger partial charge in [0.25, 0.3) is 0 Å². The van der Waals surface area contributed by atoms with Crippen molar-refractivity contribution in [2.24, 2.45) is 5.10 Å². The molecule has 0 unspecified atom stereocenters. The molecule has 1 fully saturated rings. The summed E-state index contributed by atoms with van der Waals surface area (Å²) in [4.78, 5) is 4.32. The topological polar surface area (TPSA) is 92.5 Å². The van der Waals surface area contributed by atoms with Crippen LogP contribution in [-0.2, 0) is 10.0 Å². The number of rotatable bonds is 6. The van der Waals surface area contributed by atoms with Crippen LogP contribution in [0.15, 0.2) is 52.6 Å². The Morgan fingerprint density at radius 3 is 2.50 bits per heavy atom. The smallest absolute Gasteiger partial charge is 0.244 e. The van der Waals surface area contributed by atoms with Gasteiger partial charge in [0.1, 0.15) is 21.7 Å². The summed E-state index contributed by atoms with van der Waals surface area (Å²) in [6.07, 6.45) is 5.64. The zero-order valence-electron chi connectivity index (χ0n) is 17.4. The number of hydrogen-bond acceptors (Lipinski definition) is 6. The quantitative estimate of drug-likeness (QED) is 0.429. The molecule has 3 aromatic rings. The van der Waals surface area contributed by atoms with E-state index in [2.05, 4.69) is 20.6 Å². The third kappa shape index (κ3) is 4.67. The monoisotopic (exact) mass is 476 g/mol. The molecule has 1 aromatic carbocycles. The number of hydrogen-bond donors (Lipinski definition) is 1. The van der Waals surface area contributed by atoms with Crippen molar-refractivity contribution < 1.29 is 12.8 Å². The highest BCUT2D eigenvalue weighted by Crippen LogP contribution is 2.23. The number of nitrogens with one attached hydrogen (secondary N) is 1. The van der Waals surface area contributed by atoms with Gasteiger partial charge in [-0.15, -0.1) is 0 Å². The average Bonchev–Trinajstić information content (AvgIpc) is 3.09. The van der Waals surface area contributed by atoms with Crippen molar-refractivity contribution in [1.82, 2.24) is 19.1 Å². The number of sulfonamides is 1. The molecule has 4 rings (SSSR count). The van der Waals surface area contributed by atoms with Crippen molar-refractivity contribution in [2.45, 2.75) is 31.1 Å². The van der Waals surface area contributed by atoms with Crippen LogP contribution in [0.5, 0.6) is 0 Å². The minimum atomic E-state index is -3.53. The van der Waals surface area contributed by atoms with Gasteiger partial charge in [0.2, 0.25) is 10.0 Å². The van der Waals surface area contributed by atoms with Gasteiger partial charge in [-0.25, -0.2) is 22.5 Å². The van der Waals surface area contributed by atoms with E-state index in [0.29, 0.717) is 41.0 Å². The summed E-state index contributed by atoms with van der Waals surface area (Å²) in [6.45, 7) is 2.86. The minimum Gasteiger partial charge on any atom is -0.261 e. The van der Waals surface area contributed by atoms with Crippen molar-refractivity contribution >= 4 is 33.7 Å². The van der Waals surface area contributed by atoms with Gasteiger partial charge in [-0.1, -0.05) is 18.0 Å². The van der Waals surface area contributed by atoms with E-state index in [-0.39, 0.29) is 10.7 Å². The van der Waals surface area contributed by atoms with Crippen LogP contribution in [0, 0.1) is 12.7 Å². The van der Waals surface area contributed by atoms with Crippen molar-refractivity contribution in [3.8, 4) is 5.69 Å². The number of halogens is 2. The molecule has 1 aliphatic rings. The van der Waals surface area contributed by atoms with Gasteiger partial charge in [-0.3, -0.25) is 5.43 Å². The molecule has 8 nitrogen and oxygen atoms in total. The van der Waals surface area contributed by atoms with Crippen molar-refractivity contribution in [1.29, 1.82) is 0 Å². The minimum absolute atomic E-state index is 0.161. The van der Waals surface area contributed by atoms with Gasteiger partial charge in [0, 0.05) is 19.3 Å². The van der Waals surface area contributed by atoms with Crippen LogP contribution >= 0.6 is 11.6 Å². The molecular formula is C21H22ClFN6O2S. The van der Waals surface area contributed by atoms with Gasteiger partial charge < -0.3 is 0 Å². The summed E-state index contributed by atoms with van der Waals surface area (Å²) in [6, 6.07) is 8.90. The van der Waals surface area contributed by atoms with Crippen LogP contribution in [0.2, 0.25) is 5.15 Å². The summed E-state index contributed by atoms with van der Waals surface area (Å²) >= 11 is 6.43. The first-order chi connectivity index (χ1) is 15.4. The fraction of sp³-hybridized carbons (Fsp3) is 0.286. The molecule has 3 heterocycles. The molecule has 11 heteroatoms. The molecule has 0 atom stereocenters. The largest absolute Gasteiger partial charge is 0.261 e. The van der Waals surface area contributed by atoms with E-state index < -0.39 is 10.0 Å². The lowest BCUT2D eigenvalue weighted by molar-refractivity contribution is 0.346. The van der Waals surface area contributed by atoms with Crippen LogP contribution in [-0.4, -0.2) is 46.8 Å². The zero-order valence-corrected chi connectivity index (χ0v) is 18.9. The van der Waals surface area contributed by atoms with E-state index in [9.17, 15) is 12.8 Å². The SMILES string of the molecule is Cc1nn(-c2ccc(F)cc2)c(Cl)c1/C=N/Nc1ccc(S(=O)(=O)N2CCCCC2)cn1. The summed E-state index contributed by atoms with van der Waals surface area (Å²) in [7, 11) is -3.53. The highest BCUT2D eigenvalue weighted by atomic mass is 35.5. The Labute approximate surface area is 190 Å². The van der Waals surface area contributed by atoms with E-state index >= 15 is 0 Å². The lowest BCUT2D eigenvalue weighted by Gasteiger charge is -2.25. The number of aromatic nitrogens is 3. The Morgan fingerprint density at radius 2 is 1.84 bits per heavy atom. The van der Waals surface area contributed by atoms with E-state index in [1.165, 1.54) is 39.6 Å². The Bertz CT molecular complexity index is 1220. The normalized spacial score (nSPS) is 15.3. The van der Waals surface area contributed by atoms with Crippen LogP contribution in [0.1, 0.15) is 30.5 Å². The first-order valence-corrected chi connectivity index (χ1v) is 11.9. The Balaban J connectivity index is 1.46. The van der Waals surface area contributed by atoms with Crippen LogP contribution < -0.4 is 5.43 Å². The molecule has 32 heavy (non-hydrogen) atoms. The van der Waals surface area contributed by atoms with Gasteiger partial charge in [0.15, 0.2) is 0 Å². The first kappa shape index (κ1) is 22.4. The maximum absolute atomic E-state index is 13.2. The second-order valence-corrected chi connectivity index (χ2v) is 9.69. The maximum Gasteiger partial charge on any atom is 0.244 e. The lowest BCUT2D eigenvalue weighted by atomic mass is 10.2. The average molecular weight is 477 g/mol. The van der Waals surface area contributed by atoms with Crippen molar-refractivity contribution in [3.63, 3.8) is 0 Å². The molecule has 0 saturated carbocycles. The fourth-order valence-corrected chi connectivity index (χ4v) is 5.21. The molecule has 1 aliphatic heterocycles. The number of aryl methyl sites for hydroxylation is 1. The summed E-state index contributed by atoms with van der Waals surface area (Å²) in [5.74, 6) is 0.0422. The van der Waals surface area contributed by atoms with Gasteiger partial charge in [0.05, 0.1) is 23.2 Å². The number of benzene rings is 1. The molecule has 0 bridgehead atoms. The number of nitrogens with zero attached hydrogens (tertiary/aromatic N) is 5. The van der Waals surface area contributed by atoms with Crippen molar-refractivity contribution in [3.05, 3.63) is 64.8 Å². The second kappa shape index (κ2) is 9.35. The van der Waals surface area contributed by atoms with Crippen LogP contribution in [0.4, 0.5) is 10.2 Å². The van der Waals surface area contributed by atoms with Gasteiger partial charge >= 0.3 is 0 Å². The second-order valence-electron chi connectivity index (χ2n) is 7.39. The van der Waals surface area contributed by atoms with Gasteiger partial charge in [-0.2, -0.15) is 14.5 Å². The summed E-state index contributed by atoms with van der Waals surface area (Å²) in [5, 5.41) is 8.85. The lowest BCUT2D eigenvalue weighted by Crippen LogP contribution is -2.35. The molecule has 2 aromatic heterocycles. The molecule has 1 saturated heterocycles. The van der Waals surface area contributed by atoms with E-state index in [1.54, 1.807) is 25.1 Å². The Hall–Kier alpha value is -2.82. The molecule has 0 radical (unpaired) electrons. The van der Waals surface area contributed by atoms with Crippen LogP contribution in [0.3, 0.4) is 0 Å². The number of piperidine rings is 1. The highest BCUT2D eigenvalue weighted by molar-refractivity contribution is 7.89. The van der Waals surface area contributed by atoms with Crippen molar-refractivity contribution in [2.75, 3.05) is 18.5 Å².